The minimum atomic E-state index is -4.56. The number of nitrogens with zero attached hydrogens (tertiary/aromatic N) is 3. The zero-order chi connectivity index (χ0) is 17.3. The Balaban J connectivity index is 1.88. The van der Waals surface area contributed by atoms with Crippen LogP contribution in [0.25, 0.3) is 0 Å². The third kappa shape index (κ3) is 5.15. The Morgan fingerprint density at radius 1 is 1.30 bits per heavy atom. The van der Waals surface area contributed by atoms with Crippen molar-refractivity contribution in [3.63, 3.8) is 0 Å². The van der Waals surface area contributed by atoms with E-state index in [-0.39, 0.29) is 16.3 Å². The quantitative estimate of drug-likeness (QED) is 0.809. The molecule has 1 N–H and O–H groups in total. The zero-order valence-corrected chi connectivity index (χ0v) is 14.8. The smallest absolute Gasteiger partial charge is 0.300 e. The molecular weight excluding hydrogens is 369 g/mol. The number of thioether (sulfide) groups is 1. The summed E-state index contributed by atoms with van der Waals surface area (Å²) in [5.74, 6) is -0.412. The molecule has 2 heterocycles. The van der Waals surface area contributed by atoms with E-state index in [1.54, 1.807) is 0 Å². The van der Waals surface area contributed by atoms with Crippen LogP contribution in [-0.2, 0) is 16.4 Å². The molecule has 0 spiro atoms. The number of hydrogen-bond acceptors (Lipinski definition) is 7. The van der Waals surface area contributed by atoms with Gasteiger partial charge in [0.1, 0.15) is 0 Å². The Labute approximate surface area is 142 Å². The number of aromatic nitrogens is 3. The van der Waals surface area contributed by atoms with Crippen LogP contribution in [0.15, 0.2) is 9.72 Å². The maximum atomic E-state index is 12.4. The van der Waals surface area contributed by atoms with Crippen LogP contribution >= 0.6 is 34.4 Å². The lowest BCUT2D eigenvalue weighted by molar-refractivity contribution is -0.138. The Hall–Kier alpha value is -1.20. The van der Waals surface area contributed by atoms with Crippen LogP contribution < -0.4 is 5.32 Å². The molecule has 1 amide bonds. The monoisotopic (exact) mass is 382 g/mol. The molecule has 0 aliphatic heterocycles. The third-order valence-electron chi connectivity index (χ3n) is 2.49. The first kappa shape index (κ1) is 18.1. The van der Waals surface area contributed by atoms with Crippen molar-refractivity contribution in [2.45, 2.75) is 36.7 Å². The van der Waals surface area contributed by atoms with Crippen molar-refractivity contribution in [1.82, 2.24) is 15.2 Å². The first-order chi connectivity index (χ1) is 10.6. The van der Waals surface area contributed by atoms with E-state index in [4.69, 9.17) is 0 Å². The van der Waals surface area contributed by atoms with Crippen molar-refractivity contribution in [2.75, 3.05) is 11.1 Å². The number of alkyl halides is 3. The molecular formula is C12H13F3N4OS3. The summed E-state index contributed by atoms with van der Waals surface area (Å²) in [5.41, 5.74) is 0.863. The fourth-order valence-electron chi connectivity index (χ4n) is 1.34. The predicted octanol–water partition coefficient (Wildman–Crippen LogP) is 4.04. The van der Waals surface area contributed by atoms with Gasteiger partial charge in [0.25, 0.3) is 0 Å². The number of halogens is 3. The number of carbonyl (C=O) groups is 1. The molecule has 0 saturated carbocycles. The van der Waals surface area contributed by atoms with Gasteiger partial charge in [-0.05, 0) is 0 Å². The van der Waals surface area contributed by atoms with Gasteiger partial charge in [0.05, 0.1) is 11.4 Å². The summed E-state index contributed by atoms with van der Waals surface area (Å²) in [5, 5.41) is 9.29. The zero-order valence-electron chi connectivity index (χ0n) is 12.4. The highest BCUT2D eigenvalue weighted by molar-refractivity contribution is 8.01. The Bertz CT molecular complexity index is 690. The minimum absolute atomic E-state index is 0.0397. The lowest BCUT2D eigenvalue weighted by Gasteiger charge is -2.14. The predicted molar refractivity (Wildman–Crippen MR) is 85.1 cm³/mol. The van der Waals surface area contributed by atoms with Gasteiger partial charge in [-0.15, -0.1) is 21.5 Å². The van der Waals surface area contributed by atoms with Crippen LogP contribution in [0, 0.1) is 0 Å². The maximum Gasteiger partial charge on any atom is 0.445 e. The molecule has 0 bridgehead atoms. The summed E-state index contributed by atoms with van der Waals surface area (Å²) < 4.78 is 37.9. The second-order valence-corrected chi connectivity index (χ2v) is 8.55. The first-order valence-corrected chi connectivity index (χ1v) is 9.03. The largest absolute Gasteiger partial charge is 0.445 e. The van der Waals surface area contributed by atoms with Crippen molar-refractivity contribution >= 4 is 45.5 Å². The second kappa shape index (κ2) is 6.73. The highest BCUT2D eigenvalue weighted by atomic mass is 32.2. The Kier molecular flexibility index (Phi) is 5.31. The fraction of sp³-hybridized carbons (Fsp3) is 0.500. The molecule has 0 fully saturated rings. The van der Waals surface area contributed by atoms with Crippen LogP contribution in [-0.4, -0.2) is 26.8 Å². The van der Waals surface area contributed by atoms with Crippen LogP contribution in [0.3, 0.4) is 0 Å². The van der Waals surface area contributed by atoms with Crippen LogP contribution in [0.4, 0.5) is 18.3 Å². The molecule has 2 aromatic heterocycles. The summed E-state index contributed by atoms with van der Waals surface area (Å²) in [6.45, 7) is 6.12. The molecule has 23 heavy (non-hydrogen) atoms. The lowest BCUT2D eigenvalue weighted by atomic mass is 9.93. The van der Waals surface area contributed by atoms with E-state index in [2.05, 4.69) is 20.5 Å². The van der Waals surface area contributed by atoms with E-state index >= 15 is 0 Å². The summed E-state index contributed by atoms with van der Waals surface area (Å²) in [4.78, 5) is 16.2. The summed E-state index contributed by atoms with van der Waals surface area (Å²) >= 11 is 2.95. The van der Waals surface area contributed by atoms with Crippen molar-refractivity contribution in [1.29, 1.82) is 0 Å². The second-order valence-electron chi connectivity index (χ2n) is 5.50. The molecule has 0 atom stereocenters. The van der Waals surface area contributed by atoms with Gasteiger partial charge in [0.2, 0.25) is 16.0 Å². The topological polar surface area (TPSA) is 67.8 Å². The Morgan fingerprint density at radius 3 is 2.52 bits per heavy atom. The summed E-state index contributed by atoms with van der Waals surface area (Å²) in [7, 11) is 0. The Morgan fingerprint density at radius 2 is 2.00 bits per heavy atom. The number of anilines is 1. The molecule has 0 saturated heterocycles. The van der Waals surface area contributed by atoms with E-state index in [1.807, 2.05) is 26.2 Å². The van der Waals surface area contributed by atoms with E-state index < -0.39 is 17.1 Å². The average Bonchev–Trinajstić information content (AvgIpc) is 3.03. The highest BCUT2D eigenvalue weighted by Crippen LogP contribution is 2.33. The minimum Gasteiger partial charge on any atom is -0.300 e. The van der Waals surface area contributed by atoms with E-state index in [1.165, 1.54) is 23.1 Å². The number of hydrogen-bond donors (Lipinski definition) is 1. The average molecular weight is 382 g/mol. The van der Waals surface area contributed by atoms with Gasteiger partial charge < -0.3 is 0 Å². The van der Waals surface area contributed by atoms with Gasteiger partial charge in [-0.2, -0.15) is 13.2 Å². The van der Waals surface area contributed by atoms with Gasteiger partial charge in [0.15, 0.2) is 4.34 Å². The van der Waals surface area contributed by atoms with Gasteiger partial charge >= 0.3 is 6.18 Å². The number of carbonyl (C=O) groups excluding carboxylic acids is 1. The van der Waals surface area contributed by atoms with Crippen LogP contribution in [0.2, 0.25) is 0 Å². The van der Waals surface area contributed by atoms with Crippen molar-refractivity contribution in [3.8, 4) is 0 Å². The molecule has 2 rings (SSSR count). The SMILES string of the molecule is CC(C)(C)c1csc(SCC(=O)Nc2nnc(C(F)(F)F)s2)n1. The van der Waals surface area contributed by atoms with Crippen LogP contribution in [0.1, 0.15) is 31.5 Å². The van der Waals surface area contributed by atoms with E-state index in [0.717, 1.165) is 10.0 Å². The highest BCUT2D eigenvalue weighted by Gasteiger charge is 2.35. The van der Waals surface area contributed by atoms with Crippen molar-refractivity contribution in [3.05, 3.63) is 16.1 Å². The van der Waals surface area contributed by atoms with Gasteiger partial charge in [-0.1, -0.05) is 43.9 Å². The van der Waals surface area contributed by atoms with E-state index in [9.17, 15) is 18.0 Å². The van der Waals surface area contributed by atoms with Crippen molar-refractivity contribution in [2.24, 2.45) is 0 Å². The van der Waals surface area contributed by atoms with Gasteiger partial charge in [-0.25, -0.2) is 4.98 Å². The third-order valence-corrected chi connectivity index (χ3v) is 5.40. The molecule has 0 aliphatic rings. The molecule has 0 aliphatic carbocycles. The molecule has 126 valence electrons. The van der Waals surface area contributed by atoms with Crippen LogP contribution in [0.5, 0.6) is 0 Å². The standard InChI is InChI=1S/C12H13F3N4OS3/c1-11(2,3)6-4-21-10(16-6)22-5-7(20)17-9-19-18-8(23-9)12(13,14)15/h4H,5H2,1-3H3,(H,17,19,20). The molecule has 11 heteroatoms. The van der Waals surface area contributed by atoms with E-state index in [0.29, 0.717) is 11.3 Å². The normalized spacial score (nSPS) is 12.4. The molecule has 0 unspecified atom stereocenters. The number of thiazole rings is 1. The summed E-state index contributed by atoms with van der Waals surface area (Å²) in [6.07, 6.45) is -4.56. The lowest BCUT2D eigenvalue weighted by Crippen LogP contribution is -2.14. The number of nitrogens with one attached hydrogen (secondary N) is 1. The number of rotatable bonds is 4. The molecule has 5 nitrogen and oxygen atoms in total. The molecule has 0 aromatic carbocycles. The van der Waals surface area contributed by atoms with Gasteiger partial charge in [-0.3, -0.25) is 10.1 Å². The van der Waals surface area contributed by atoms with Crippen molar-refractivity contribution < 1.29 is 18.0 Å². The van der Waals surface area contributed by atoms with Gasteiger partial charge in [0, 0.05) is 10.8 Å². The summed E-state index contributed by atoms with van der Waals surface area (Å²) in [6, 6.07) is 0. The molecule has 0 radical (unpaired) electrons. The first-order valence-electron chi connectivity index (χ1n) is 6.35. The fourth-order valence-corrected chi connectivity index (χ4v) is 3.82. The maximum absolute atomic E-state index is 12.4. The number of amides is 1. The molecule has 2 aromatic rings.